The quantitative estimate of drug-likeness (QED) is 0.728. The normalized spacial score (nSPS) is 14.4. The van der Waals surface area contributed by atoms with Gasteiger partial charge in [-0.2, -0.15) is 0 Å². The maximum absolute atomic E-state index is 12.5. The van der Waals surface area contributed by atoms with Gasteiger partial charge in [-0.3, -0.25) is 4.79 Å². The van der Waals surface area contributed by atoms with Crippen LogP contribution in [0.3, 0.4) is 0 Å². The van der Waals surface area contributed by atoms with Crippen LogP contribution in [0.1, 0.15) is 25.7 Å². The first kappa shape index (κ1) is 11.8. The fourth-order valence-corrected chi connectivity index (χ4v) is 1.38. The number of hydrogen-bond acceptors (Lipinski definition) is 4. The highest BCUT2D eigenvalue weighted by atomic mass is 19.1. The molecule has 92 valence electrons. The van der Waals surface area contributed by atoms with Crippen LogP contribution in [0.15, 0.2) is 12.4 Å². The Bertz CT molecular complexity index is 378. The molecule has 1 fully saturated rings. The average Bonchev–Trinajstić information content (AvgIpc) is 3.11. The van der Waals surface area contributed by atoms with E-state index in [9.17, 15) is 9.18 Å². The Morgan fingerprint density at radius 1 is 1.41 bits per heavy atom. The molecule has 17 heavy (non-hydrogen) atoms. The van der Waals surface area contributed by atoms with Crippen molar-refractivity contribution in [1.82, 2.24) is 15.3 Å². The topological polar surface area (TPSA) is 66.9 Å². The SMILES string of the molecule is O=C(CCCNc1ncc(F)cn1)NC1CC1. The van der Waals surface area contributed by atoms with E-state index in [0.29, 0.717) is 31.4 Å². The van der Waals surface area contributed by atoms with Gasteiger partial charge >= 0.3 is 0 Å². The predicted molar refractivity (Wildman–Crippen MR) is 60.9 cm³/mol. The monoisotopic (exact) mass is 238 g/mol. The smallest absolute Gasteiger partial charge is 0.222 e. The van der Waals surface area contributed by atoms with Crippen molar-refractivity contribution < 1.29 is 9.18 Å². The van der Waals surface area contributed by atoms with Crippen molar-refractivity contribution >= 4 is 11.9 Å². The highest BCUT2D eigenvalue weighted by molar-refractivity contribution is 5.76. The summed E-state index contributed by atoms with van der Waals surface area (Å²) in [6, 6.07) is 0.413. The van der Waals surface area contributed by atoms with Crippen molar-refractivity contribution in [2.75, 3.05) is 11.9 Å². The van der Waals surface area contributed by atoms with Crippen molar-refractivity contribution in [2.45, 2.75) is 31.7 Å². The number of carbonyl (C=O) groups is 1. The summed E-state index contributed by atoms with van der Waals surface area (Å²) in [6.07, 6.45) is 5.62. The number of nitrogens with zero attached hydrogens (tertiary/aromatic N) is 2. The first-order chi connectivity index (χ1) is 8.24. The largest absolute Gasteiger partial charge is 0.354 e. The molecule has 1 aromatic heterocycles. The molecule has 0 saturated heterocycles. The van der Waals surface area contributed by atoms with Crippen molar-refractivity contribution in [3.63, 3.8) is 0 Å². The summed E-state index contributed by atoms with van der Waals surface area (Å²) in [5.74, 6) is 0.0164. The van der Waals surface area contributed by atoms with E-state index in [2.05, 4.69) is 20.6 Å². The molecular formula is C11H15FN4O. The standard InChI is InChI=1S/C11H15FN4O/c12-8-6-14-11(15-7-8)13-5-1-2-10(17)16-9-3-4-9/h6-7,9H,1-5H2,(H,16,17)(H,13,14,15). The van der Waals surface area contributed by atoms with Crippen LogP contribution in [-0.2, 0) is 4.79 Å². The summed E-state index contributed by atoms with van der Waals surface area (Å²) < 4.78 is 12.5. The Labute approximate surface area is 98.8 Å². The number of carbonyl (C=O) groups excluding carboxylic acids is 1. The molecule has 0 atom stereocenters. The van der Waals surface area contributed by atoms with Gasteiger partial charge < -0.3 is 10.6 Å². The first-order valence-electron chi connectivity index (χ1n) is 5.75. The molecule has 0 aliphatic heterocycles. The average molecular weight is 238 g/mol. The zero-order chi connectivity index (χ0) is 12.1. The molecule has 2 rings (SSSR count). The summed E-state index contributed by atoms with van der Waals surface area (Å²) in [7, 11) is 0. The summed E-state index contributed by atoms with van der Waals surface area (Å²) in [6.45, 7) is 0.601. The van der Waals surface area contributed by atoms with E-state index >= 15 is 0 Å². The Balaban J connectivity index is 1.59. The van der Waals surface area contributed by atoms with E-state index < -0.39 is 5.82 Å². The summed E-state index contributed by atoms with van der Waals surface area (Å²) in [5.41, 5.74) is 0. The number of nitrogens with one attached hydrogen (secondary N) is 2. The van der Waals surface area contributed by atoms with E-state index in [1.807, 2.05) is 0 Å². The zero-order valence-electron chi connectivity index (χ0n) is 9.45. The lowest BCUT2D eigenvalue weighted by Crippen LogP contribution is -2.25. The maximum atomic E-state index is 12.5. The predicted octanol–water partition coefficient (Wildman–Crippen LogP) is 1.09. The van der Waals surface area contributed by atoms with Crippen LogP contribution in [0, 0.1) is 5.82 Å². The lowest BCUT2D eigenvalue weighted by molar-refractivity contribution is -0.121. The van der Waals surface area contributed by atoms with E-state index in [-0.39, 0.29) is 5.91 Å². The van der Waals surface area contributed by atoms with Gasteiger partial charge in [0.05, 0.1) is 12.4 Å². The van der Waals surface area contributed by atoms with Crippen LogP contribution in [-0.4, -0.2) is 28.5 Å². The molecule has 6 heteroatoms. The van der Waals surface area contributed by atoms with Crippen LogP contribution in [0.5, 0.6) is 0 Å². The molecule has 0 unspecified atom stereocenters. The van der Waals surface area contributed by atoms with Crippen molar-refractivity contribution in [1.29, 1.82) is 0 Å². The summed E-state index contributed by atoms with van der Waals surface area (Å²) >= 11 is 0. The van der Waals surface area contributed by atoms with Gasteiger partial charge in [-0.05, 0) is 19.3 Å². The van der Waals surface area contributed by atoms with Crippen LogP contribution in [0.2, 0.25) is 0 Å². The minimum Gasteiger partial charge on any atom is -0.354 e. The lowest BCUT2D eigenvalue weighted by atomic mass is 10.3. The van der Waals surface area contributed by atoms with Gasteiger partial charge in [0.25, 0.3) is 0 Å². The molecule has 1 aromatic rings. The Hall–Kier alpha value is -1.72. The summed E-state index contributed by atoms with van der Waals surface area (Å²) in [5, 5.41) is 5.84. The van der Waals surface area contributed by atoms with Gasteiger partial charge in [0.15, 0.2) is 5.82 Å². The molecule has 0 radical (unpaired) electrons. The molecule has 5 nitrogen and oxygen atoms in total. The second kappa shape index (κ2) is 5.56. The van der Waals surface area contributed by atoms with Gasteiger partial charge in [0, 0.05) is 19.0 Å². The van der Waals surface area contributed by atoms with Crippen molar-refractivity contribution in [3.05, 3.63) is 18.2 Å². The third-order valence-electron chi connectivity index (χ3n) is 2.43. The third-order valence-corrected chi connectivity index (χ3v) is 2.43. The van der Waals surface area contributed by atoms with Crippen molar-refractivity contribution in [2.24, 2.45) is 0 Å². The second-order valence-electron chi connectivity index (χ2n) is 4.10. The van der Waals surface area contributed by atoms with E-state index in [1.165, 1.54) is 0 Å². The van der Waals surface area contributed by atoms with Gasteiger partial charge in [-0.1, -0.05) is 0 Å². The molecular weight excluding hydrogens is 223 g/mol. The zero-order valence-corrected chi connectivity index (χ0v) is 9.45. The van der Waals surface area contributed by atoms with Crippen LogP contribution >= 0.6 is 0 Å². The first-order valence-corrected chi connectivity index (χ1v) is 5.75. The Kier molecular flexibility index (Phi) is 3.85. The fraction of sp³-hybridized carbons (Fsp3) is 0.545. The van der Waals surface area contributed by atoms with Gasteiger partial charge in [0.1, 0.15) is 0 Å². The highest BCUT2D eigenvalue weighted by Gasteiger charge is 2.22. The molecule has 2 N–H and O–H groups in total. The number of aromatic nitrogens is 2. The highest BCUT2D eigenvalue weighted by Crippen LogP contribution is 2.18. The van der Waals surface area contributed by atoms with Crippen LogP contribution < -0.4 is 10.6 Å². The van der Waals surface area contributed by atoms with Crippen molar-refractivity contribution in [3.8, 4) is 0 Å². The number of halogens is 1. The number of anilines is 1. The lowest BCUT2D eigenvalue weighted by Gasteiger charge is -2.04. The second-order valence-corrected chi connectivity index (χ2v) is 4.10. The van der Waals surface area contributed by atoms with E-state index in [0.717, 1.165) is 25.2 Å². The number of hydrogen-bond donors (Lipinski definition) is 2. The van der Waals surface area contributed by atoms with E-state index in [1.54, 1.807) is 0 Å². The van der Waals surface area contributed by atoms with Gasteiger partial charge in [-0.15, -0.1) is 0 Å². The minimum absolute atomic E-state index is 0.0920. The minimum atomic E-state index is -0.459. The maximum Gasteiger partial charge on any atom is 0.222 e. The third kappa shape index (κ3) is 4.34. The summed E-state index contributed by atoms with van der Waals surface area (Å²) in [4.78, 5) is 18.8. The molecule has 0 spiro atoms. The molecule has 1 aliphatic rings. The number of amides is 1. The molecule has 1 heterocycles. The molecule has 0 bridgehead atoms. The molecule has 1 amide bonds. The molecule has 1 aliphatic carbocycles. The molecule has 1 saturated carbocycles. The van der Waals surface area contributed by atoms with Crippen LogP contribution in [0.4, 0.5) is 10.3 Å². The van der Waals surface area contributed by atoms with Gasteiger partial charge in [0.2, 0.25) is 11.9 Å². The fourth-order valence-electron chi connectivity index (χ4n) is 1.38. The van der Waals surface area contributed by atoms with E-state index in [4.69, 9.17) is 0 Å². The van der Waals surface area contributed by atoms with Crippen LogP contribution in [0.25, 0.3) is 0 Å². The van der Waals surface area contributed by atoms with Gasteiger partial charge in [-0.25, -0.2) is 14.4 Å². The molecule has 0 aromatic carbocycles. The Morgan fingerprint density at radius 3 is 2.76 bits per heavy atom. The Morgan fingerprint density at radius 2 is 2.12 bits per heavy atom. The number of rotatable bonds is 6.